The second kappa shape index (κ2) is 6.37. The summed E-state index contributed by atoms with van der Waals surface area (Å²) in [4.78, 5) is 0. The molecule has 1 aromatic heterocycles. The van der Waals surface area contributed by atoms with Gasteiger partial charge in [0.05, 0.1) is 5.39 Å². The van der Waals surface area contributed by atoms with E-state index in [1.807, 2.05) is 24.3 Å². The fourth-order valence-electron chi connectivity index (χ4n) is 2.42. The number of nitrogens with zero attached hydrogens (tertiary/aromatic N) is 1. The lowest BCUT2D eigenvalue weighted by Gasteiger charge is -2.10. The van der Waals surface area contributed by atoms with Gasteiger partial charge < -0.3 is 5.21 Å². The number of fused-ring (bicyclic) bond motifs is 1. The molecule has 0 unspecified atom stereocenters. The van der Waals surface area contributed by atoms with Crippen molar-refractivity contribution in [2.75, 3.05) is 0 Å². The van der Waals surface area contributed by atoms with Gasteiger partial charge >= 0.3 is 0 Å². The second-order valence-corrected chi connectivity index (χ2v) is 4.85. The van der Waals surface area contributed by atoms with E-state index in [4.69, 9.17) is 0 Å². The van der Waals surface area contributed by atoms with Gasteiger partial charge in [0.25, 0.3) is 0 Å². The Morgan fingerprint density at radius 2 is 1.95 bits per heavy atom. The highest BCUT2D eigenvalue weighted by molar-refractivity contribution is 5.90. The van der Waals surface area contributed by atoms with Gasteiger partial charge in [-0.15, -0.1) is 0 Å². The van der Waals surface area contributed by atoms with Gasteiger partial charge in [0.2, 0.25) is 5.69 Å². The molecule has 0 bridgehead atoms. The van der Waals surface area contributed by atoms with E-state index in [-0.39, 0.29) is 0 Å². The van der Waals surface area contributed by atoms with Crippen molar-refractivity contribution < 1.29 is 4.73 Å². The standard InChI is InChI=1S/C17H21NO/c1-3-5-9-15(8-4-2)17-16-11-7-6-10-14(16)12-13-18(17)19/h6-7,9-13H,3-5,8H2,1-2H3/b15-9+. The molecule has 0 radical (unpaired) electrons. The largest absolute Gasteiger partial charge is 0.618 e. The average Bonchev–Trinajstić information content (AvgIpc) is 2.44. The number of rotatable bonds is 5. The number of allylic oxidation sites excluding steroid dienone is 2. The number of unbranched alkanes of at least 4 members (excludes halogenated alkanes) is 1. The maximum absolute atomic E-state index is 12.2. The first-order valence-electron chi connectivity index (χ1n) is 7.08. The molecule has 2 rings (SSSR count). The minimum atomic E-state index is 0.827. The van der Waals surface area contributed by atoms with Crippen molar-refractivity contribution in [3.63, 3.8) is 0 Å². The molecule has 2 nitrogen and oxygen atoms in total. The Kier molecular flexibility index (Phi) is 4.56. The molecular formula is C17H21NO. The summed E-state index contributed by atoms with van der Waals surface area (Å²) in [5, 5.41) is 14.4. The van der Waals surface area contributed by atoms with Crippen LogP contribution in [0.15, 0.2) is 42.6 Å². The summed E-state index contributed by atoms with van der Waals surface area (Å²) in [6, 6.07) is 9.98. The normalized spacial score (nSPS) is 12.0. The van der Waals surface area contributed by atoms with Crippen LogP contribution < -0.4 is 4.73 Å². The molecule has 19 heavy (non-hydrogen) atoms. The first-order chi connectivity index (χ1) is 9.27. The molecule has 0 fully saturated rings. The fourth-order valence-corrected chi connectivity index (χ4v) is 2.42. The van der Waals surface area contributed by atoms with Gasteiger partial charge in [0.15, 0.2) is 6.20 Å². The number of hydrogen-bond acceptors (Lipinski definition) is 1. The van der Waals surface area contributed by atoms with Crippen molar-refractivity contribution in [2.45, 2.75) is 39.5 Å². The van der Waals surface area contributed by atoms with E-state index in [9.17, 15) is 5.21 Å². The third-order valence-corrected chi connectivity index (χ3v) is 3.33. The fraction of sp³-hybridized carbons (Fsp3) is 0.353. The minimum absolute atomic E-state index is 0.827. The molecule has 0 N–H and O–H groups in total. The highest BCUT2D eigenvalue weighted by Gasteiger charge is 2.15. The van der Waals surface area contributed by atoms with Crippen molar-refractivity contribution in [2.24, 2.45) is 0 Å². The lowest BCUT2D eigenvalue weighted by Crippen LogP contribution is -2.31. The van der Waals surface area contributed by atoms with Crippen LogP contribution >= 0.6 is 0 Å². The zero-order chi connectivity index (χ0) is 13.7. The smallest absolute Gasteiger partial charge is 0.227 e. The van der Waals surface area contributed by atoms with E-state index in [0.717, 1.165) is 46.9 Å². The van der Waals surface area contributed by atoms with Gasteiger partial charge in [-0.2, -0.15) is 4.73 Å². The van der Waals surface area contributed by atoms with Crippen molar-refractivity contribution in [3.8, 4) is 0 Å². The molecule has 2 heteroatoms. The monoisotopic (exact) mass is 255 g/mol. The first-order valence-corrected chi connectivity index (χ1v) is 7.08. The van der Waals surface area contributed by atoms with Crippen LogP contribution in [0.1, 0.15) is 45.2 Å². The Hall–Kier alpha value is -1.83. The lowest BCUT2D eigenvalue weighted by atomic mass is 9.99. The molecule has 0 amide bonds. The maximum Gasteiger partial charge on any atom is 0.227 e. The van der Waals surface area contributed by atoms with Crippen molar-refractivity contribution in [3.05, 3.63) is 53.5 Å². The van der Waals surface area contributed by atoms with Gasteiger partial charge in [-0.3, -0.25) is 0 Å². The second-order valence-electron chi connectivity index (χ2n) is 4.85. The molecule has 0 saturated carbocycles. The Balaban J connectivity index is 2.60. The predicted octanol–water partition coefficient (Wildman–Crippen LogP) is 4.46. The van der Waals surface area contributed by atoms with Gasteiger partial charge in [-0.1, -0.05) is 51.0 Å². The lowest BCUT2D eigenvalue weighted by molar-refractivity contribution is -0.606. The number of aromatic nitrogens is 1. The molecule has 0 aliphatic carbocycles. The maximum atomic E-state index is 12.2. The predicted molar refractivity (Wildman–Crippen MR) is 80.7 cm³/mol. The topological polar surface area (TPSA) is 26.9 Å². The number of pyridine rings is 1. The Labute approximate surface area is 115 Å². The first kappa shape index (κ1) is 13.6. The molecule has 0 aliphatic heterocycles. The number of hydrogen-bond donors (Lipinski definition) is 0. The van der Waals surface area contributed by atoms with E-state index >= 15 is 0 Å². The van der Waals surface area contributed by atoms with Crippen molar-refractivity contribution >= 4 is 16.3 Å². The van der Waals surface area contributed by atoms with Crippen LogP contribution in [0.2, 0.25) is 0 Å². The number of benzene rings is 1. The third-order valence-electron chi connectivity index (χ3n) is 3.33. The van der Waals surface area contributed by atoms with E-state index < -0.39 is 0 Å². The van der Waals surface area contributed by atoms with Crippen LogP contribution in [0.25, 0.3) is 16.3 Å². The van der Waals surface area contributed by atoms with Crippen molar-refractivity contribution in [1.82, 2.24) is 0 Å². The highest BCUT2D eigenvalue weighted by atomic mass is 16.5. The Morgan fingerprint density at radius 1 is 1.16 bits per heavy atom. The van der Waals surface area contributed by atoms with E-state index in [1.165, 1.54) is 5.57 Å². The molecule has 0 atom stereocenters. The average molecular weight is 255 g/mol. The summed E-state index contributed by atoms with van der Waals surface area (Å²) >= 11 is 0. The van der Waals surface area contributed by atoms with Gasteiger partial charge in [-0.25, -0.2) is 0 Å². The van der Waals surface area contributed by atoms with Crippen LogP contribution in [0.4, 0.5) is 0 Å². The Bertz CT molecular complexity index is 587. The summed E-state index contributed by atoms with van der Waals surface area (Å²) in [7, 11) is 0. The molecule has 2 aromatic rings. The molecule has 0 spiro atoms. The molecule has 0 saturated heterocycles. The van der Waals surface area contributed by atoms with Gasteiger partial charge in [0, 0.05) is 11.6 Å². The van der Waals surface area contributed by atoms with Gasteiger partial charge in [-0.05, 0) is 24.3 Å². The zero-order valence-electron chi connectivity index (χ0n) is 11.7. The van der Waals surface area contributed by atoms with E-state index in [0.29, 0.717) is 0 Å². The summed E-state index contributed by atoms with van der Waals surface area (Å²) in [5.74, 6) is 0. The highest BCUT2D eigenvalue weighted by Crippen LogP contribution is 2.25. The molecule has 1 heterocycles. The Morgan fingerprint density at radius 3 is 2.68 bits per heavy atom. The zero-order valence-corrected chi connectivity index (χ0v) is 11.7. The van der Waals surface area contributed by atoms with E-state index in [1.54, 1.807) is 6.20 Å². The molecular weight excluding hydrogens is 234 g/mol. The van der Waals surface area contributed by atoms with Crippen LogP contribution in [0.5, 0.6) is 0 Å². The van der Waals surface area contributed by atoms with Gasteiger partial charge in [0.1, 0.15) is 0 Å². The van der Waals surface area contributed by atoms with Crippen molar-refractivity contribution in [1.29, 1.82) is 0 Å². The summed E-state index contributed by atoms with van der Waals surface area (Å²) < 4.78 is 1.01. The SMILES string of the molecule is CCC/C=C(\CCC)c1c2ccccc2cc[n+]1[O-]. The summed E-state index contributed by atoms with van der Waals surface area (Å²) in [6.45, 7) is 4.31. The van der Waals surface area contributed by atoms with Crippen LogP contribution in [-0.2, 0) is 0 Å². The summed E-state index contributed by atoms with van der Waals surface area (Å²) in [5.41, 5.74) is 2.00. The van der Waals surface area contributed by atoms with E-state index in [2.05, 4.69) is 26.0 Å². The molecule has 1 aromatic carbocycles. The quantitative estimate of drug-likeness (QED) is 0.572. The minimum Gasteiger partial charge on any atom is -0.618 e. The molecule has 100 valence electrons. The summed E-state index contributed by atoms with van der Waals surface area (Å²) in [6.07, 6.45) is 7.98. The third kappa shape index (κ3) is 2.95. The van der Waals surface area contributed by atoms with Crippen LogP contribution in [0, 0.1) is 5.21 Å². The van der Waals surface area contributed by atoms with Crippen LogP contribution in [-0.4, -0.2) is 0 Å². The molecule has 0 aliphatic rings. The van der Waals surface area contributed by atoms with Crippen LogP contribution in [0.3, 0.4) is 0 Å².